The number of hydrogen-bond acceptors (Lipinski definition) is 4. The van der Waals surface area contributed by atoms with Crippen molar-refractivity contribution in [1.29, 1.82) is 0 Å². The van der Waals surface area contributed by atoms with E-state index in [2.05, 4.69) is 16.0 Å². The first kappa shape index (κ1) is 22.1. The van der Waals surface area contributed by atoms with E-state index in [4.69, 9.17) is 11.2 Å². The number of hydrogen-bond donors (Lipinski definition) is 2. The lowest BCUT2D eigenvalue weighted by Crippen LogP contribution is -2.25. The average Bonchev–Trinajstić information content (AvgIpc) is 2.81. The summed E-state index contributed by atoms with van der Waals surface area (Å²) in [6.07, 6.45) is 5.08. The normalized spacial score (nSPS) is 10.8. The van der Waals surface area contributed by atoms with E-state index in [0.717, 1.165) is 11.1 Å². The van der Waals surface area contributed by atoms with Crippen LogP contribution in [0.5, 0.6) is 5.75 Å². The van der Waals surface area contributed by atoms with Crippen LogP contribution in [-0.4, -0.2) is 20.9 Å². The van der Waals surface area contributed by atoms with Gasteiger partial charge in [-0.1, -0.05) is 54.5 Å². The molecule has 0 aromatic heterocycles. The van der Waals surface area contributed by atoms with Crippen LogP contribution in [0.25, 0.3) is 0 Å². The van der Waals surface area contributed by atoms with E-state index < -0.39 is 10.0 Å². The molecule has 6 nitrogen and oxygen atoms in total. The van der Waals surface area contributed by atoms with Crippen molar-refractivity contribution in [2.24, 2.45) is 0 Å². The predicted octanol–water partition coefficient (Wildman–Crippen LogP) is 3.11. The molecule has 0 atom stereocenters. The summed E-state index contributed by atoms with van der Waals surface area (Å²) in [6, 6.07) is 22.9. The van der Waals surface area contributed by atoms with Crippen LogP contribution in [0.3, 0.4) is 0 Å². The molecular weight excluding hydrogens is 412 g/mol. The maximum Gasteiger partial charge on any atom is 0.251 e. The first-order chi connectivity index (χ1) is 15.0. The smallest absolute Gasteiger partial charge is 0.251 e. The van der Waals surface area contributed by atoms with Gasteiger partial charge in [-0.2, -0.15) is 4.72 Å². The number of rotatable bonds is 9. The maximum atomic E-state index is 12.5. The summed E-state index contributed by atoms with van der Waals surface area (Å²) in [5, 5.41) is 2.84. The highest BCUT2D eigenvalue weighted by Crippen LogP contribution is 2.19. The lowest BCUT2D eigenvalue weighted by Gasteiger charge is -2.12. The largest absolute Gasteiger partial charge is 0.489 e. The third-order valence-corrected chi connectivity index (χ3v) is 5.86. The predicted molar refractivity (Wildman–Crippen MR) is 119 cm³/mol. The van der Waals surface area contributed by atoms with E-state index in [0.29, 0.717) is 17.9 Å². The van der Waals surface area contributed by atoms with Crippen LogP contribution in [0.4, 0.5) is 0 Å². The number of terminal acetylenes is 1. The number of amides is 1. The Morgan fingerprint density at radius 1 is 0.935 bits per heavy atom. The molecule has 0 saturated carbocycles. The van der Waals surface area contributed by atoms with Gasteiger partial charge >= 0.3 is 0 Å². The summed E-state index contributed by atoms with van der Waals surface area (Å²) >= 11 is 0. The van der Waals surface area contributed by atoms with Gasteiger partial charge in [0.05, 0.1) is 11.4 Å². The molecule has 3 aromatic rings. The van der Waals surface area contributed by atoms with Crippen molar-refractivity contribution >= 4 is 15.9 Å². The molecular formula is C24H22N2O4S. The van der Waals surface area contributed by atoms with Crippen molar-refractivity contribution < 1.29 is 17.9 Å². The fraction of sp³-hybridized carbons (Fsp3) is 0.125. The van der Waals surface area contributed by atoms with Crippen LogP contribution in [0.15, 0.2) is 83.8 Å². The average molecular weight is 435 g/mol. The summed E-state index contributed by atoms with van der Waals surface area (Å²) in [5.41, 5.74) is 2.23. The highest BCUT2D eigenvalue weighted by molar-refractivity contribution is 7.89. The first-order valence-corrected chi connectivity index (χ1v) is 11.0. The van der Waals surface area contributed by atoms with Gasteiger partial charge < -0.3 is 10.1 Å². The first-order valence-electron chi connectivity index (χ1n) is 9.55. The van der Waals surface area contributed by atoms with Crippen LogP contribution in [0, 0.1) is 12.3 Å². The zero-order valence-corrected chi connectivity index (χ0v) is 17.6. The van der Waals surface area contributed by atoms with E-state index in [9.17, 15) is 13.2 Å². The Morgan fingerprint density at radius 2 is 1.61 bits per heavy atom. The molecule has 3 rings (SSSR count). The Labute approximate surface area is 182 Å². The molecule has 0 unspecified atom stereocenters. The van der Waals surface area contributed by atoms with Gasteiger partial charge in [-0.25, -0.2) is 8.42 Å². The van der Waals surface area contributed by atoms with Gasteiger partial charge in [0.1, 0.15) is 12.4 Å². The third kappa shape index (κ3) is 6.19. The van der Waals surface area contributed by atoms with E-state index in [1.54, 1.807) is 0 Å². The third-order valence-electron chi connectivity index (χ3n) is 4.44. The number of para-hydroxylation sites is 1. The number of benzene rings is 3. The highest BCUT2D eigenvalue weighted by Gasteiger charge is 2.14. The van der Waals surface area contributed by atoms with Gasteiger partial charge in [0.25, 0.3) is 5.91 Å². The molecule has 0 aliphatic rings. The molecule has 2 N–H and O–H groups in total. The highest BCUT2D eigenvalue weighted by atomic mass is 32.2. The van der Waals surface area contributed by atoms with Crippen molar-refractivity contribution in [3.05, 3.63) is 95.6 Å². The molecule has 31 heavy (non-hydrogen) atoms. The van der Waals surface area contributed by atoms with Crippen molar-refractivity contribution in [2.75, 3.05) is 6.54 Å². The maximum absolute atomic E-state index is 12.5. The summed E-state index contributed by atoms with van der Waals surface area (Å²) in [7, 11) is -3.70. The van der Waals surface area contributed by atoms with Gasteiger partial charge in [-0.05, 0) is 35.9 Å². The zero-order chi connectivity index (χ0) is 22.1. The van der Waals surface area contributed by atoms with Gasteiger partial charge in [-0.15, -0.1) is 6.42 Å². The van der Waals surface area contributed by atoms with Gasteiger partial charge in [0.2, 0.25) is 10.0 Å². The molecule has 0 aliphatic carbocycles. The summed E-state index contributed by atoms with van der Waals surface area (Å²) in [5.74, 6) is 2.58. The molecule has 0 saturated heterocycles. The summed E-state index contributed by atoms with van der Waals surface area (Å²) < 4.78 is 32.3. The fourth-order valence-corrected chi connectivity index (χ4v) is 3.74. The fourth-order valence-electron chi connectivity index (χ4n) is 2.81. The van der Waals surface area contributed by atoms with Crippen molar-refractivity contribution in [1.82, 2.24) is 10.0 Å². The van der Waals surface area contributed by atoms with Crippen molar-refractivity contribution in [3.8, 4) is 18.1 Å². The monoisotopic (exact) mass is 434 g/mol. The van der Waals surface area contributed by atoms with E-state index in [1.807, 2.05) is 54.6 Å². The standard InChI is InChI=1S/C24H22N2O4S/c1-2-16-26-31(28,29)22-14-12-20(13-15-22)24(27)25-17-21-10-6-7-11-23(21)30-18-19-8-4-3-5-9-19/h1,3-15,26H,16-18H2,(H,25,27). The SMILES string of the molecule is C#CCNS(=O)(=O)c1ccc(C(=O)NCc2ccccc2OCc2ccccc2)cc1. The molecule has 0 heterocycles. The number of sulfonamides is 1. The molecule has 0 radical (unpaired) electrons. The molecule has 0 bridgehead atoms. The number of ether oxygens (including phenoxy) is 1. The minimum absolute atomic E-state index is 0.0407. The van der Waals surface area contributed by atoms with Crippen LogP contribution in [0.2, 0.25) is 0 Å². The molecule has 7 heteroatoms. The van der Waals surface area contributed by atoms with E-state index >= 15 is 0 Å². The zero-order valence-electron chi connectivity index (χ0n) is 16.7. The Bertz CT molecular complexity index is 1170. The molecule has 158 valence electrons. The summed E-state index contributed by atoms with van der Waals surface area (Å²) in [6.45, 7) is 0.597. The molecule has 3 aromatic carbocycles. The molecule has 0 aliphatic heterocycles. The Balaban J connectivity index is 1.61. The molecule has 0 fully saturated rings. The van der Waals surface area contributed by atoms with Crippen LogP contribution < -0.4 is 14.8 Å². The molecule has 1 amide bonds. The topological polar surface area (TPSA) is 84.5 Å². The quantitative estimate of drug-likeness (QED) is 0.507. The van der Waals surface area contributed by atoms with E-state index in [1.165, 1.54) is 24.3 Å². The lowest BCUT2D eigenvalue weighted by molar-refractivity contribution is 0.0950. The number of carbonyl (C=O) groups excluding carboxylic acids is 1. The lowest BCUT2D eigenvalue weighted by atomic mass is 10.1. The number of carbonyl (C=O) groups is 1. The Morgan fingerprint density at radius 3 is 2.32 bits per heavy atom. The van der Waals surface area contributed by atoms with E-state index in [-0.39, 0.29) is 23.9 Å². The van der Waals surface area contributed by atoms with Gasteiger partial charge in [0, 0.05) is 17.7 Å². The molecule has 0 spiro atoms. The van der Waals surface area contributed by atoms with Crippen LogP contribution >= 0.6 is 0 Å². The van der Waals surface area contributed by atoms with Crippen molar-refractivity contribution in [2.45, 2.75) is 18.0 Å². The number of nitrogens with one attached hydrogen (secondary N) is 2. The van der Waals surface area contributed by atoms with Gasteiger partial charge in [0.15, 0.2) is 0 Å². The van der Waals surface area contributed by atoms with Crippen LogP contribution in [0.1, 0.15) is 21.5 Å². The summed E-state index contributed by atoms with van der Waals surface area (Å²) in [4.78, 5) is 12.5. The van der Waals surface area contributed by atoms with Crippen LogP contribution in [-0.2, 0) is 23.2 Å². The van der Waals surface area contributed by atoms with Crippen molar-refractivity contribution in [3.63, 3.8) is 0 Å². The Hall–Kier alpha value is -3.60. The van der Waals surface area contributed by atoms with Gasteiger partial charge in [-0.3, -0.25) is 4.79 Å². The minimum Gasteiger partial charge on any atom is -0.489 e. The second kappa shape index (κ2) is 10.4. The minimum atomic E-state index is -3.70. The second-order valence-corrected chi connectivity index (χ2v) is 8.38. The Kier molecular flexibility index (Phi) is 7.44. The second-order valence-electron chi connectivity index (χ2n) is 6.62.